The van der Waals surface area contributed by atoms with Gasteiger partial charge in [-0.05, 0) is 46.9 Å². The second-order valence-corrected chi connectivity index (χ2v) is 11.3. The monoisotopic (exact) mass is 490 g/mol. The van der Waals surface area contributed by atoms with Gasteiger partial charge >= 0.3 is 6.18 Å². The van der Waals surface area contributed by atoms with Crippen LogP contribution < -0.4 is 10.4 Å². The van der Waals surface area contributed by atoms with Gasteiger partial charge in [-0.3, -0.25) is 4.79 Å². The van der Waals surface area contributed by atoms with Crippen molar-refractivity contribution in [1.82, 2.24) is 9.21 Å². The molecule has 2 fully saturated rings. The molecule has 1 saturated heterocycles. The Morgan fingerprint density at radius 3 is 2.21 bits per heavy atom. The first-order chi connectivity index (χ1) is 16.1. The largest absolute Gasteiger partial charge is 0.416 e. The highest BCUT2D eigenvalue weighted by Gasteiger charge is 2.47. The number of alkyl halides is 3. The van der Waals surface area contributed by atoms with Crippen molar-refractivity contribution in [2.45, 2.75) is 30.2 Å². The van der Waals surface area contributed by atoms with Crippen LogP contribution >= 0.6 is 0 Å². The third kappa shape index (κ3) is 4.38. The number of carbonyl (C=O) groups excluding carboxylic acids is 1. The van der Waals surface area contributed by atoms with Gasteiger partial charge in [-0.15, -0.1) is 0 Å². The fourth-order valence-electron chi connectivity index (χ4n) is 4.91. The normalized spacial score (nSPS) is 25.1. The summed E-state index contributed by atoms with van der Waals surface area (Å²) in [4.78, 5) is 14.6. The fraction of sp³-hybridized carbons (Fsp3) is 0.400. The number of fused-ring (bicyclic) bond motifs is 1. The summed E-state index contributed by atoms with van der Waals surface area (Å²) in [7, 11) is -3.53. The Labute approximate surface area is 196 Å². The second-order valence-electron chi connectivity index (χ2n) is 9.11. The maximum Gasteiger partial charge on any atom is 0.416 e. The van der Waals surface area contributed by atoms with E-state index in [-0.39, 0.29) is 30.8 Å². The Morgan fingerprint density at radius 2 is 1.56 bits per heavy atom. The van der Waals surface area contributed by atoms with Gasteiger partial charge in [-0.25, -0.2) is 8.42 Å². The number of halogens is 3. The summed E-state index contributed by atoms with van der Waals surface area (Å²) >= 11 is 0. The summed E-state index contributed by atoms with van der Waals surface area (Å²) < 4.78 is 66.2. The third-order valence-corrected chi connectivity index (χ3v) is 9.18. The molecule has 5 rings (SSSR count). The molecule has 1 amide bonds. The minimum absolute atomic E-state index is 0.0477. The molecule has 1 saturated carbocycles. The van der Waals surface area contributed by atoms with E-state index in [0.717, 1.165) is 28.1 Å². The van der Waals surface area contributed by atoms with E-state index < -0.39 is 27.0 Å². The van der Waals surface area contributed by atoms with Crippen LogP contribution in [0.25, 0.3) is 12.2 Å². The van der Waals surface area contributed by atoms with E-state index in [2.05, 4.69) is 0 Å². The molecule has 3 atom stereocenters. The van der Waals surface area contributed by atoms with Crippen molar-refractivity contribution >= 4 is 28.1 Å². The molecule has 0 spiro atoms. The first kappa shape index (κ1) is 23.1. The molecule has 2 aromatic rings. The van der Waals surface area contributed by atoms with Gasteiger partial charge in [0.05, 0.1) is 10.8 Å². The highest BCUT2D eigenvalue weighted by atomic mass is 32.2. The zero-order valence-electron chi connectivity index (χ0n) is 18.4. The highest BCUT2D eigenvalue weighted by molar-refractivity contribution is 7.90. The summed E-state index contributed by atoms with van der Waals surface area (Å²) in [6, 6.07) is 12.7. The lowest BCUT2D eigenvalue weighted by molar-refractivity contribution is -0.137. The van der Waals surface area contributed by atoms with E-state index in [4.69, 9.17) is 0 Å². The number of benzene rings is 2. The van der Waals surface area contributed by atoms with Gasteiger partial charge in [0.25, 0.3) is 0 Å². The van der Waals surface area contributed by atoms with Crippen molar-refractivity contribution in [3.63, 3.8) is 0 Å². The van der Waals surface area contributed by atoms with Crippen molar-refractivity contribution in [3.05, 3.63) is 70.1 Å². The Kier molecular flexibility index (Phi) is 5.80. The van der Waals surface area contributed by atoms with Crippen LogP contribution in [-0.2, 0) is 21.0 Å². The van der Waals surface area contributed by atoms with Crippen LogP contribution in [0.5, 0.6) is 0 Å². The Bertz CT molecular complexity index is 1310. The topological polar surface area (TPSA) is 57.7 Å². The first-order valence-corrected chi connectivity index (χ1v) is 12.9. The predicted octanol–water partition coefficient (Wildman–Crippen LogP) is 2.32. The van der Waals surface area contributed by atoms with E-state index in [1.54, 1.807) is 11.0 Å². The van der Waals surface area contributed by atoms with Crippen LogP contribution in [0.4, 0.5) is 13.2 Å². The number of piperazine rings is 1. The molecular formula is C25H25F3N2O3S. The molecule has 2 aromatic carbocycles. The number of carbonyl (C=O) groups is 1. The van der Waals surface area contributed by atoms with E-state index in [1.165, 1.54) is 16.4 Å². The molecule has 3 aliphatic rings. The summed E-state index contributed by atoms with van der Waals surface area (Å²) in [5, 5.41) is 1.34. The summed E-state index contributed by atoms with van der Waals surface area (Å²) in [6.45, 7) is 1.14. The van der Waals surface area contributed by atoms with Crippen LogP contribution in [0.2, 0.25) is 0 Å². The van der Waals surface area contributed by atoms with Crippen LogP contribution in [0.15, 0.2) is 48.5 Å². The van der Waals surface area contributed by atoms with Gasteiger partial charge in [0.2, 0.25) is 15.9 Å². The average molecular weight is 491 g/mol. The molecule has 0 bridgehead atoms. The van der Waals surface area contributed by atoms with Gasteiger partial charge in [-0.2, -0.15) is 17.5 Å². The molecule has 1 heterocycles. The van der Waals surface area contributed by atoms with E-state index >= 15 is 0 Å². The first-order valence-electron chi connectivity index (χ1n) is 11.4. The summed E-state index contributed by atoms with van der Waals surface area (Å²) in [5.74, 6) is -0.380. The zero-order chi connectivity index (χ0) is 24.1. The standard InChI is InChI=1S/C25H25F3N2O3S/c26-25(27,28)20-8-5-18(6-9-20)22-16-23(22)24(31)29-11-13-30(14-12-29)34(32,33)21-10-7-17-3-1-2-4-19(17)15-21/h1-9,15,21-23H,10-14,16H2. The van der Waals surface area contributed by atoms with Gasteiger partial charge in [0.1, 0.15) is 0 Å². The molecule has 5 nitrogen and oxygen atoms in total. The Balaban J connectivity index is 1.19. The Morgan fingerprint density at radius 1 is 0.912 bits per heavy atom. The smallest absolute Gasteiger partial charge is 0.340 e. The zero-order valence-corrected chi connectivity index (χ0v) is 19.2. The van der Waals surface area contributed by atoms with Crippen molar-refractivity contribution in [2.75, 3.05) is 26.2 Å². The van der Waals surface area contributed by atoms with E-state index in [0.29, 0.717) is 25.9 Å². The molecule has 0 N–H and O–H groups in total. The minimum atomic E-state index is -4.38. The van der Waals surface area contributed by atoms with Crippen molar-refractivity contribution in [3.8, 4) is 0 Å². The number of amides is 1. The maximum atomic E-state index is 13.2. The minimum Gasteiger partial charge on any atom is -0.340 e. The highest BCUT2D eigenvalue weighted by Crippen LogP contribution is 2.49. The number of hydrogen-bond donors (Lipinski definition) is 0. The molecule has 3 unspecified atom stereocenters. The van der Waals surface area contributed by atoms with E-state index in [1.807, 2.05) is 30.3 Å². The lowest BCUT2D eigenvalue weighted by atomic mass is 10.1. The molecule has 2 aliphatic carbocycles. The second kappa shape index (κ2) is 8.53. The van der Waals surface area contributed by atoms with Crippen LogP contribution in [-0.4, -0.2) is 55.0 Å². The molecule has 34 heavy (non-hydrogen) atoms. The maximum absolute atomic E-state index is 13.2. The molecule has 180 valence electrons. The predicted molar refractivity (Wildman–Crippen MR) is 122 cm³/mol. The molecular weight excluding hydrogens is 465 g/mol. The lowest BCUT2D eigenvalue weighted by Gasteiger charge is -2.35. The number of hydrogen-bond acceptors (Lipinski definition) is 3. The Hall–Kier alpha value is -2.65. The number of rotatable bonds is 4. The van der Waals surface area contributed by atoms with Gasteiger partial charge in [0.15, 0.2) is 0 Å². The van der Waals surface area contributed by atoms with Crippen LogP contribution in [0.1, 0.15) is 29.9 Å². The quantitative estimate of drug-likeness (QED) is 0.661. The number of nitrogens with zero attached hydrogens (tertiary/aromatic N) is 2. The molecule has 0 aromatic heterocycles. The molecule has 1 aliphatic heterocycles. The van der Waals surface area contributed by atoms with E-state index in [9.17, 15) is 26.4 Å². The van der Waals surface area contributed by atoms with Gasteiger partial charge < -0.3 is 4.90 Å². The molecule has 0 radical (unpaired) electrons. The van der Waals surface area contributed by atoms with Gasteiger partial charge in [-0.1, -0.05) is 48.6 Å². The van der Waals surface area contributed by atoms with Crippen molar-refractivity contribution < 1.29 is 26.4 Å². The van der Waals surface area contributed by atoms with Crippen LogP contribution in [0, 0.1) is 5.92 Å². The van der Waals surface area contributed by atoms with Crippen LogP contribution in [0.3, 0.4) is 0 Å². The molecule has 9 heteroatoms. The van der Waals surface area contributed by atoms with Crippen molar-refractivity contribution in [2.24, 2.45) is 5.92 Å². The summed E-state index contributed by atoms with van der Waals surface area (Å²) in [6.07, 6.45) is 0.408. The van der Waals surface area contributed by atoms with Crippen molar-refractivity contribution in [1.29, 1.82) is 0 Å². The number of sulfonamides is 1. The summed E-state index contributed by atoms with van der Waals surface area (Å²) in [5.41, 5.74) is 0.0327. The third-order valence-electron chi connectivity index (χ3n) is 7.00. The van der Waals surface area contributed by atoms with Gasteiger partial charge in [0, 0.05) is 32.1 Å². The fourth-order valence-corrected chi connectivity index (χ4v) is 6.63. The average Bonchev–Trinajstić information content (AvgIpc) is 3.64. The SMILES string of the molecule is O=C(C1CC1c1ccc(C(F)(F)F)cc1)N1CCN(S(=O)(=O)C2C=c3ccccc3=CC2)CC1. The lowest BCUT2D eigenvalue weighted by Crippen LogP contribution is -2.53.